The molecule has 1 amide bonds. The SMILES string of the molecule is CCCS(=O)(=O)N1CCCC(C(=O)Nc2ncc(Cc3cccc(C(F)(F)F)c3)s2)C1. The molecule has 1 aromatic heterocycles. The lowest BCUT2D eigenvalue weighted by atomic mass is 9.99. The number of carbonyl (C=O) groups excluding carboxylic acids is 1. The van der Waals surface area contributed by atoms with Crippen molar-refractivity contribution in [3.63, 3.8) is 0 Å². The number of amides is 1. The van der Waals surface area contributed by atoms with Crippen molar-refractivity contribution in [2.24, 2.45) is 5.92 Å². The molecule has 31 heavy (non-hydrogen) atoms. The number of carbonyl (C=O) groups is 1. The zero-order chi connectivity index (χ0) is 22.6. The van der Waals surface area contributed by atoms with E-state index in [-0.39, 0.29) is 24.6 Å². The van der Waals surface area contributed by atoms with Crippen LogP contribution in [0.5, 0.6) is 0 Å². The second kappa shape index (κ2) is 9.66. The molecule has 0 radical (unpaired) electrons. The molecule has 1 aliphatic heterocycles. The van der Waals surface area contributed by atoms with Crippen molar-refractivity contribution >= 4 is 32.4 Å². The Morgan fingerprint density at radius 3 is 2.84 bits per heavy atom. The Labute approximate surface area is 183 Å². The van der Waals surface area contributed by atoms with Crippen LogP contribution in [-0.2, 0) is 27.4 Å². The molecule has 0 spiro atoms. The Hall–Kier alpha value is -1.98. The molecule has 1 fully saturated rings. The van der Waals surface area contributed by atoms with Gasteiger partial charge in [-0.1, -0.05) is 25.1 Å². The van der Waals surface area contributed by atoms with Crippen LogP contribution in [0.4, 0.5) is 18.3 Å². The van der Waals surface area contributed by atoms with Gasteiger partial charge in [-0.3, -0.25) is 4.79 Å². The van der Waals surface area contributed by atoms with E-state index in [4.69, 9.17) is 0 Å². The quantitative estimate of drug-likeness (QED) is 0.653. The fourth-order valence-corrected chi connectivity index (χ4v) is 5.95. The first-order valence-corrected chi connectivity index (χ1v) is 12.4. The molecule has 1 saturated heterocycles. The van der Waals surface area contributed by atoms with Crippen molar-refractivity contribution in [1.29, 1.82) is 0 Å². The number of benzene rings is 1. The van der Waals surface area contributed by atoms with Crippen molar-refractivity contribution in [2.45, 2.75) is 38.8 Å². The van der Waals surface area contributed by atoms with Crippen LogP contribution in [0.2, 0.25) is 0 Å². The lowest BCUT2D eigenvalue weighted by molar-refractivity contribution is -0.137. The Morgan fingerprint density at radius 2 is 2.13 bits per heavy atom. The van der Waals surface area contributed by atoms with Gasteiger partial charge in [-0.2, -0.15) is 13.2 Å². The molecule has 2 aromatic rings. The summed E-state index contributed by atoms with van der Waals surface area (Å²) in [6.07, 6.45) is -0.889. The van der Waals surface area contributed by atoms with Crippen molar-refractivity contribution in [1.82, 2.24) is 9.29 Å². The lowest BCUT2D eigenvalue weighted by Gasteiger charge is -2.30. The van der Waals surface area contributed by atoms with Crippen LogP contribution in [0.3, 0.4) is 0 Å². The number of halogens is 3. The second-order valence-electron chi connectivity index (χ2n) is 7.51. The van der Waals surface area contributed by atoms with Gasteiger partial charge in [0.2, 0.25) is 15.9 Å². The van der Waals surface area contributed by atoms with Gasteiger partial charge >= 0.3 is 6.18 Å². The summed E-state index contributed by atoms with van der Waals surface area (Å²) in [5.41, 5.74) is -0.205. The fraction of sp³-hybridized carbons (Fsp3) is 0.500. The molecule has 1 N–H and O–H groups in total. The van der Waals surface area contributed by atoms with Crippen LogP contribution in [0.1, 0.15) is 42.2 Å². The topological polar surface area (TPSA) is 79.4 Å². The van der Waals surface area contributed by atoms with Crippen LogP contribution >= 0.6 is 11.3 Å². The van der Waals surface area contributed by atoms with Gasteiger partial charge in [-0.25, -0.2) is 17.7 Å². The minimum atomic E-state index is -4.40. The normalized spacial score (nSPS) is 18.1. The van der Waals surface area contributed by atoms with Crippen molar-refractivity contribution in [2.75, 3.05) is 24.2 Å². The van der Waals surface area contributed by atoms with Gasteiger partial charge in [0.1, 0.15) is 0 Å². The van der Waals surface area contributed by atoms with E-state index in [1.165, 1.54) is 27.9 Å². The highest BCUT2D eigenvalue weighted by Gasteiger charge is 2.32. The van der Waals surface area contributed by atoms with Gasteiger partial charge < -0.3 is 5.32 Å². The molecule has 170 valence electrons. The van der Waals surface area contributed by atoms with Gasteiger partial charge in [0, 0.05) is 30.6 Å². The summed E-state index contributed by atoms with van der Waals surface area (Å²) in [6.45, 7) is 2.37. The van der Waals surface area contributed by atoms with Gasteiger partial charge in [-0.15, -0.1) is 11.3 Å². The minimum Gasteiger partial charge on any atom is -0.302 e. The molecule has 3 rings (SSSR count). The smallest absolute Gasteiger partial charge is 0.302 e. The Kier molecular flexibility index (Phi) is 7.38. The Bertz CT molecular complexity index is 1020. The average Bonchev–Trinajstić information content (AvgIpc) is 3.14. The number of thiazole rings is 1. The summed E-state index contributed by atoms with van der Waals surface area (Å²) in [6, 6.07) is 5.10. The molecule has 11 heteroatoms. The fourth-order valence-electron chi connectivity index (χ4n) is 3.51. The molecule has 0 bridgehead atoms. The monoisotopic (exact) mass is 475 g/mol. The van der Waals surface area contributed by atoms with Crippen molar-refractivity contribution in [3.8, 4) is 0 Å². The summed E-state index contributed by atoms with van der Waals surface area (Å²) in [5.74, 6) is -0.695. The number of hydrogen-bond acceptors (Lipinski definition) is 5. The van der Waals surface area contributed by atoms with E-state index in [9.17, 15) is 26.4 Å². The molecule has 0 aliphatic carbocycles. The van der Waals surface area contributed by atoms with Crippen LogP contribution < -0.4 is 5.32 Å². The molecule has 1 unspecified atom stereocenters. The molecule has 2 heterocycles. The lowest BCUT2D eigenvalue weighted by Crippen LogP contribution is -2.44. The number of rotatable bonds is 7. The summed E-state index contributed by atoms with van der Waals surface area (Å²) in [5, 5.41) is 3.07. The Morgan fingerprint density at radius 1 is 1.35 bits per heavy atom. The van der Waals surface area contributed by atoms with Crippen LogP contribution in [0.15, 0.2) is 30.5 Å². The standard InChI is InChI=1S/C20H24F3N3O3S2/c1-2-9-31(28,29)26-8-4-6-15(13-26)18(27)25-19-24-12-17(30-19)11-14-5-3-7-16(10-14)20(21,22)23/h3,5,7,10,12,15H,2,4,6,8-9,11,13H2,1H3,(H,24,25,27). The molecule has 1 atom stereocenters. The first-order valence-electron chi connectivity index (χ1n) is 9.98. The summed E-state index contributed by atoms with van der Waals surface area (Å²) in [7, 11) is -3.36. The van der Waals surface area contributed by atoms with E-state index in [1.54, 1.807) is 13.0 Å². The van der Waals surface area contributed by atoms with E-state index in [2.05, 4.69) is 10.3 Å². The number of alkyl halides is 3. The molecule has 1 aromatic carbocycles. The third kappa shape index (κ3) is 6.27. The number of hydrogen-bond donors (Lipinski definition) is 1. The van der Waals surface area contributed by atoms with Crippen molar-refractivity contribution in [3.05, 3.63) is 46.5 Å². The number of sulfonamides is 1. The molecule has 6 nitrogen and oxygen atoms in total. The third-order valence-electron chi connectivity index (χ3n) is 5.03. The summed E-state index contributed by atoms with van der Waals surface area (Å²) >= 11 is 1.19. The average molecular weight is 476 g/mol. The number of piperidine rings is 1. The highest BCUT2D eigenvalue weighted by molar-refractivity contribution is 7.89. The van der Waals surface area contributed by atoms with E-state index >= 15 is 0 Å². The first-order chi connectivity index (χ1) is 14.6. The second-order valence-corrected chi connectivity index (χ2v) is 10.7. The minimum absolute atomic E-state index is 0.0622. The summed E-state index contributed by atoms with van der Waals surface area (Å²) in [4.78, 5) is 17.5. The van der Waals surface area contributed by atoms with Gasteiger partial charge in [-0.05, 0) is 30.9 Å². The number of anilines is 1. The van der Waals surface area contributed by atoms with Gasteiger partial charge in [0.15, 0.2) is 5.13 Å². The van der Waals surface area contributed by atoms with E-state index in [0.717, 1.165) is 12.1 Å². The molecule has 1 aliphatic rings. The first kappa shape index (κ1) is 23.7. The zero-order valence-electron chi connectivity index (χ0n) is 17.0. The maximum absolute atomic E-state index is 12.9. The van der Waals surface area contributed by atoms with E-state index in [1.807, 2.05) is 0 Å². The Balaban J connectivity index is 1.61. The number of aromatic nitrogens is 1. The zero-order valence-corrected chi connectivity index (χ0v) is 18.6. The predicted molar refractivity (Wildman–Crippen MR) is 113 cm³/mol. The summed E-state index contributed by atoms with van der Waals surface area (Å²) < 4.78 is 64.6. The van der Waals surface area contributed by atoms with Gasteiger partial charge in [0.25, 0.3) is 0 Å². The predicted octanol–water partition coefficient (Wildman–Crippen LogP) is 4.14. The highest BCUT2D eigenvalue weighted by atomic mass is 32.2. The molecular weight excluding hydrogens is 451 g/mol. The van der Waals surface area contributed by atoms with Crippen LogP contribution in [-0.4, -0.2) is 42.5 Å². The van der Waals surface area contributed by atoms with Crippen LogP contribution in [0, 0.1) is 5.92 Å². The van der Waals surface area contributed by atoms with Crippen LogP contribution in [0.25, 0.3) is 0 Å². The number of nitrogens with zero attached hydrogens (tertiary/aromatic N) is 2. The maximum Gasteiger partial charge on any atom is 0.416 e. The largest absolute Gasteiger partial charge is 0.416 e. The van der Waals surface area contributed by atoms with E-state index in [0.29, 0.717) is 41.4 Å². The molecule has 0 saturated carbocycles. The van der Waals surface area contributed by atoms with E-state index < -0.39 is 27.7 Å². The number of nitrogens with one attached hydrogen (secondary N) is 1. The maximum atomic E-state index is 12.9. The van der Waals surface area contributed by atoms with Gasteiger partial charge in [0.05, 0.1) is 17.2 Å². The molecular formula is C20H24F3N3O3S2. The highest BCUT2D eigenvalue weighted by Crippen LogP contribution is 2.31. The van der Waals surface area contributed by atoms with Crippen molar-refractivity contribution < 1.29 is 26.4 Å². The third-order valence-corrected chi connectivity index (χ3v) is 7.98.